The second-order valence-electron chi connectivity index (χ2n) is 9.44. The van der Waals surface area contributed by atoms with E-state index in [1.165, 1.54) is 0 Å². The van der Waals surface area contributed by atoms with Crippen LogP contribution in [0.3, 0.4) is 0 Å². The summed E-state index contributed by atoms with van der Waals surface area (Å²) in [6.45, 7) is 6.08. The Bertz CT molecular complexity index is 810. The Labute approximate surface area is 197 Å². The lowest BCUT2D eigenvalue weighted by atomic mass is 9.84. The molecule has 2 aliphatic rings. The molecule has 1 saturated carbocycles. The summed E-state index contributed by atoms with van der Waals surface area (Å²) in [5, 5.41) is 6.91. The van der Waals surface area contributed by atoms with Crippen molar-refractivity contribution < 1.29 is 14.4 Å². The van der Waals surface area contributed by atoms with Crippen LogP contribution in [-0.2, 0) is 20.8 Å². The fraction of sp³-hybridized carbons (Fsp3) is 0.640. The smallest absolute Gasteiger partial charge is 0.259 e. The number of nitrogens with one attached hydrogen (secondary N) is 1. The van der Waals surface area contributed by atoms with Crippen molar-refractivity contribution in [2.45, 2.75) is 57.9 Å². The Balaban J connectivity index is 1.85. The number of hydrogen-bond donors (Lipinski definition) is 2. The Morgan fingerprint density at radius 3 is 2.39 bits per heavy atom. The first-order valence-electron chi connectivity index (χ1n) is 12.3. The van der Waals surface area contributed by atoms with Crippen molar-refractivity contribution >= 4 is 17.7 Å². The van der Waals surface area contributed by atoms with E-state index in [0.29, 0.717) is 25.8 Å². The lowest BCUT2D eigenvalue weighted by molar-refractivity contribution is -0.155. The SMILES string of the molecule is CCCN(C(=O)C(Cc1ccccc1)NC(=O)C1(C(N)=O)CCCC1)N1CCCN(C)CC1. The average molecular weight is 458 g/mol. The maximum atomic E-state index is 13.9. The lowest BCUT2D eigenvalue weighted by Crippen LogP contribution is -2.59. The summed E-state index contributed by atoms with van der Waals surface area (Å²) in [5.41, 5.74) is 5.43. The molecule has 182 valence electrons. The minimum atomic E-state index is -1.21. The van der Waals surface area contributed by atoms with E-state index in [1.807, 2.05) is 35.3 Å². The molecule has 0 bridgehead atoms. The van der Waals surface area contributed by atoms with E-state index in [2.05, 4.69) is 29.2 Å². The van der Waals surface area contributed by atoms with E-state index in [9.17, 15) is 14.4 Å². The van der Waals surface area contributed by atoms with Gasteiger partial charge in [0.2, 0.25) is 11.8 Å². The highest BCUT2D eigenvalue weighted by Crippen LogP contribution is 2.38. The highest BCUT2D eigenvalue weighted by molar-refractivity contribution is 6.05. The molecule has 8 heteroatoms. The minimum absolute atomic E-state index is 0.128. The summed E-state index contributed by atoms with van der Waals surface area (Å²) >= 11 is 0. The number of likely N-dealkylation sites (N-methyl/N-ethyl adjacent to an activating group) is 1. The zero-order valence-electron chi connectivity index (χ0n) is 20.1. The largest absolute Gasteiger partial charge is 0.369 e. The quantitative estimate of drug-likeness (QED) is 0.548. The van der Waals surface area contributed by atoms with E-state index in [4.69, 9.17) is 5.73 Å². The van der Waals surface area contributed by atoms with E-state index in [1.54, 1.807) is 0 Å². The molecule has 1 saturated heterocycles. The monoisotopic (exact) mass is 457 g/mol. The van der Waals surface area contributed by atoms with Gasteiger partial charge in [0.15, 0.2) is 0 Å². The third-order valence-corrected chi connectivity index (χ3v) is 6.98. The van der Waals surface area contributed by atoms with Gasteiger partial charge in [-0.1, -0.05) is 50.1 Å². The zero-order valence-corrected chi connectivity index (χ0v) is 20.1. The van der Waals surface area contributed by atoms with Crippen LogP contribution in [0.2, 0.25) is 0 Å². The molecule has 3 N–H and O–H groups in total. The third-order valence-electron chi connectivity index (χ3n) is 6.98. The van der Waals surface area contributed by atoms with Crippen molar-refractivity contribution in [1.29, 1.82) is 0 Å². The molecular formula is C25H39N5O3. The Morgan fingerprint density at radius 2 is 1.76 bits per heavy atom. The molecule has 1 aromatic rings. The van der Waals surface area contributed by atoms with Crippen LogP contribution in [0.4, 0.5) is 0 Å². The van der Waals surface area contributed by atoms with Crippen LogP contribution in [-0.4, -0.2) is 78.5 Å². The van der Waals surface area contributed by atoms with Crippen LogP contribution in [0.5, 0.6) is 0 Å². The van der Waals surface area contributed by atoms with Gasteiger partial charge in [0.25, 0.3) is 5.91 Å². The van der Waals surface area contributed by atoms with E-state index >= 15 is 0 Å². The molecule has 1 aromatic carbocycles. The number of rotatable bonds is 9. The summed E-state index contributed by atoms with van der Waals surface area (Å²) < 4.78 is 0. The van der Waals surface area contributed by atoms with Gasteiger partial charge < -0.3 is 16.0 Å². The molecule has 3 amide bonds. The van der Waals surface area contributed by atoms with Gasteiger partial charge in [-0.05, 0) is 44.8 Å². The summed E-state index contributed by atoms with van der Waals surface area (Å²) in [7, 11) is 2.10. The van der Waals surface area contributed by atoms with Gasteiger partial charge in [0.1, 0.15) is 11.5 Å². The first-order chi connectivity index (χ1) is 15.9. The molecule has 1 unspecified atom stereocenters. The number of benzene rings is 1. The van der Waals surface area contributed by atoms with Gasteiger partial charge in [0.05, 0.1) is 0 Å². The second kappa shape index (κ2) is 11.6. The molecule has 0 aromatic heterocycles. The van der Waals surface area contributed by atoms with E-state index in [-0.39, 0.29) is 5.91 Å². The first kappa shape index (κ1) is 25.2. The minimum Gasteiger partial charge on any atom is -0.369 e. The molecule has 33 heavy (non-hydrogen) atoms. The molecule has 0 spiro atoms. The number of primary amides is 1. The van der Waals surface area contributed by atoms with Crippen LogP contribution < -0.4 is 11.1 Å². The topological polar surface area (TPSA) is 99.0 Å². The van der Waals surface area contributed by atoms with E-state index in [0.717, 1.165) is 57.4 Å². The highest BCUT2D eigenvalue weighted by Gasteiger charge is 2.47. The molecule has 3 rings (SSSR count). The van der Waals surface area contributed by atoms with Crippen LogP contribution in [0.15, 0.2) is 30.3 Å². The lowest BCUT2D eigenvalue weighted by Gasteiger charge is -2.37. The van der Waals surface area contributed by atoms with Crippen molar-refractivity contribution in [3.63, 3.8) is 0 Å². The summed E-state index contributed by atoms with van der Waals surface area (Å²) in [6.07, 6.45) is 4.62. The second-order valence-corrected chi connectivity index (χ2v) is 9.44. The van der Waals surface area contributed by atoms with Gasteiger partial charge in [-0.15, -0.1) is 0 Å². The summed E-state index contributed by atoms with van der Waals surface area (Å²) in [5.74, 6) is -1.13. The molecule has 1 atom stereocenters. The average Bonchev–Trinajstić information content (AvgIpc) is 3.22. The number of nitrogens with two attached hydrogens (primary N) is 1. The molecular weight excluding hydrogens is 418 g/mol. The van der Waals surface area contributed by atoms with Gasteiger partial charge in [0, 0.05) is 32.6 Å². The number of carbonyl (C=O) groups is 3. The van der Waals surface area contributed by atoms with E-state index < -0.39 is 23.3 Å². The molecule has 1 aliphatic carbocycles. The van der Waals surface area contributed by atoms with Crippen molar-refractivity contribution in [2.75, 3.05) is 39.8 Å². The van der Waals surface area contributed by atoms with Gasteiger partial charge in [-0.2, -0.15) is 0 Å². The van der Waals surface area contributed by atoms with Gasteiger partial charge in [-0.25, -0.2) is 5.01 Å². The van der Waals surface area contributed by atoms with Crippen molar-refractivity contribution in [2.24, 2.45) is 11.1 Å². The normalized spacial score (nSPS) is 20.1. The Kier molecular flexibility index (Phi) is 8.86. The van der Waals surface area contributed by atoms with Crippen molar-refractivity contribution in [3.8, 4) is 0 Å². The standard InChI is InChI=1S/C25H39N5O3/c1-3-14-30(29-16-9-15-28(2)17-18-29)22(31)21(19-20-10-5-4-6-11-20)27-24(33)25(23(26)32)12-7-8-13-25/h4-6,10-11,21H,3,7-9,12-19H2,1-2H3,(H2,26,32)(H,27,33). The first-order valence-corrected chi connectivity index (χ1v) is 12.3. The van der Waals surface area contributed by atoms with Gasteiger partial charge in [-0.3, -0.25) is 19.4 Å². The van der Waals surface area contributed by atoms with Crippen LogP contribution in [0.25, 0.3) is 0 Å². The maximum Gasteiger partial charge on any atom is 0.259 e. The Hall–Kier alpha value is -2.45. The predicted octanol–water partition coefficient (Wildman–Crippen LogP) is 1.55. The molecule has 8 nitrogen and oxygen atoms in total. The van der Waals surface area contributed by atoms with Crippen molar-refractivity contribution in [1.82, 2.24) is 20.2 Å². The number of carbonyl (C=O) groups excluding carboxylic acids is 3. The van der Waals surface area contributed by atoms with Crippen molar-refractivity contribution in [3.05, 3.63) is 35.9 Å². The fourth-order valence-electron chi connectivity index (χ4n) is 4.97. The van der Waals surface area contributed by atoms with Crippen LogP contribution >= 0.6 is 0 Å². The fourth-order valence-corrected chi connectivity index (χ4v) is 4.97. The number of hydrogen-bond acceptors (Lipinski definition) is 5. The third kappa shape index (κ3) is 6.12. The number of hydrazine groups is 1. The number of amides is 3. The molecule has 1 aliphatic heterocycles. The summed E-state index contributed by atoms with van der Waals surface area (Å²) in [6, 6.07) is 8.93. The zero-order chi connectivity index (χ0) is 23.8. The Morgan fingerprint density at radius 1 is 1.06 bits per heavy atom. The maximum absolute atomic E-state index is 13.9. The molecule has 2 fully saturated rings. The highest BCUT2D eigenvalue weighted by atomic mass is 16.2. The molecule has 0 radical (unpaired) electrons. The molecule has 1 heterocycles. The summed E-state index contributed by atoms with van der Waals surface area (Å²) in [4.78, 5) is 41.8. The van der Waals surface area contributed by atoms with Gasteiger partial charge >= 0.3 is 0 Å². The number of nitrogens with zero attached hydrogens (tertiary/aromatic N) is 3. The predicted molar refractivity (Wildman–Crippen MR) is 128 cm³/mol. The van der Waals surface area contributed by atoms with Crippen LogP contribution in [0, 0.1) is 5.41 Å². The van der Waals surface area contributed by atoms with Crippen LogP contribution in [0.1, 0.15) is 51.0 Å².